The molecule has 3 aromatic rings. The molecule has 3 N–H and O–H groups in total. The largest absolute Gasteiger partial charge is 0.493 e. The summed E-state index contributed by atoms with van der Waals surface area (Å²) in [6, 6.07) is 6.73. The lowest BCUT2D eigenvalue weighted by atomic mass is 9.91. The summed E-state index contributed by atoms with van der Waals surface area (Å²) in [6.45, 7) is 0.807. The van der Waals surface area contributed by atoms with E-state index in [1.807, 2.05) is 0 Å². The first-order valence-corrected chi connectivity index (χ1v) is 11.8. The molecule has 9 nitrogen and oxygen atoms in total. The van der Waals surface area contributed by atoms with Gasteiger partial charge >= 0.3 is 0 Å². The highest BCUT2D eigenvalue weighted by Crippen LogP contribution is 2.43. The highest BCUT2D eigenvalue weighted by atomic mass is 35.5. The number of aromatic amines is 1. The molecule has 3 atom stereocenters. The number of anilines is 2. The number of hydrogen-bond acceptors (Lipinski definition) is 7. The van der Waals surface area contributed by atoms with E-state index in [0.717, 1.165) is 12.5 Å². The minimum atomic E-state index is -0.571. The van der Waals surface area contributed by atoms with Crippen LogP contribution in [0.4, 0.5) is 15.8 Å². The van der Waals surface area contributed by atoms with Gasteiger partial charge in [-0.25, -0.2) is 4.39 Å². The Hall–Kier alpha value is -3.47. The Bertz CT molecular complexity index is 1290. The van der Waals surface area contributed by atoms with Crippen LogP contribution in [-0.4, -0.2) is 61.2 Å². The molecule has 5 rings (SSSR count). The van der Waals surface area contributed by atoms with Crippen molar-refractivity contribution in [1.82, 2.24) is 15.3 Å². The summed E-state index contributed by atoms with van der Waals surface area (Å²) in [4.78, 5) is 31.2. The van der Waals surface area contributed by atoms with Gasteiger partial charge in [0.1, 0.15) is 6.10 Å². The van der Waals surface area contributed by atoms with E-state index >= 15 is 0 Å². The molecule has 4 heterocycles. The lowest BCUT2D eigenvalue weighted by Crippen LogP contribution is -2.40. The zero-order valence-corrected chi connectivity index (χ0v) is 20.1. The number of ether oxygens (including phenoxy) is 3. The molecule has 1 amide bonds. The molecule has 1 unspecified atom stereocenters. The second kappa shape index (κ2) is 10.3. The predicted molar refractivity (Wildman–Crippen MR) is 131 cm³/mol. The Kier molecular flexibility index (Phi) is 6.90. The molecule has 0 aliphatic carbocycles. The van der Waals surface area contributed by atoms with Crippen molar-refractivity contribution in [2.24, 2.45) is 0 Å². The third kappa shape index (κ3) is 4.55. The summed E-state index contributed by atoms with van der Waals surface area (Å²) >= 11 is 6.31. The summed E-state index contributed by atoms with van der Waals surface area (Å²) in [5.41, 5.74) is 2.56. The summed E-state index contributed by atoms with van der Waals surface area (Å²) in [7, 11) is 1.49. The molecule has 1 fully saturated rings. The quantitative estimate of drug-likeness (QED) is 0.411. The number of aldehydes is 1. The first-order chi connectivity index (χ1) is 17.5. The molecular weight excluding hydrogens is 491 g/mol. The molecule has 2 aliphatic heterocycles. The SMILES string of the molecule is COc1c(Cl)cccc1Nc1c(-c2ccncc2F)[nH]c2c1C(=O)NCC2C[C@H]1CO[C@H](C=O)CO1. The molecule has 11 heteroatoms. The van der Waals surface area contributed by atoms with Crippen LogP contribution in [0.15, 0.2) is 36.7 Å². The fraction of sp³-hybridized carbons (Fsp3) is 0.320. The molecule has 0 bridgehead atoms. The van der Waals surface area contributed by atoms with Crippen LogP contribution in [0.5, 0.6) is 5.75 Å². The van der Waals surface area contributed by atoms with Gasteiger partial charge in [0, 0.05) is 29.9 Å². The molecule has 1 saturated heterocycles. The van der Waals surface area contributed by atoms with Gasteiger partial charge in [-0.2, -0.15) is 0 Å². The third-order valence-corrected chi connectivity index (χ3v) is 6.64. The van der Waals surface area contributed by atoms with Gasteiger partial charge in [0.25, 0.3) is 5.91 Å². The van der Waals surface area contributed by atoms with Gasteiger partial charge in [-0.3, -0.25) is 9.78 Å². The number of hydrogen-bond donors (Lipinski definition) is 3. The average molecular weight is 515 g/mol. The number of methoxy groups -OCH3 is 1. The number of carbonyl (C=O) groups excluding carboxylic acids is 2. The second-order valence-electron chi connectivity index (χ2n) is 8.57. The lowest BCUT2D eigenvalue weighted by molar-refractivity contribution is -0.149. The Morgan fingerprint density at radius 3 is 2.89 bits per heavy atom. The molecule has 36 heavy (non-hydrogen) atoms. The van der Waals surface area contributed by atoms with Gasteiger partial charge in [-0.1, -0.05) is 17.7 Å². The van der Waals surface area contributed by atoms with Crippen molar-refractivity contribution in [3.63, 3.8) is 0 Å². The Balaban J connectivity index is 1.58. The number of nitrogens with one attached hydrogen (secondary N) is 3. The molecule has 2 aromatic heterocycles. The van der Waals surface area contributed by atoms with E-state index in [0.29, 0.717) is 52.1 Å². The number of nitrogens with zero attached hydrogens (tertiary/aromatic N) is 1. The van der Waals surface area contributed by atoms with Crippen LogP contribution in [0.1, 0.15) is 28.4 Å². The van der Waals surface area contributed by atoms with Crippen molar-refractivity contribution in [3.8, 4) is 17.0 Å². The standard InChI is InChI=1S/C25H24ClFN4O5/c1-34-24-17(26)3-2-4-19(24)30-23-20-21(31-22(23)16-5-6-28-9-18(16)27)13(8-29-25(20)33)7-14-11-36-15(10-32)12-35-14/h2-6,9-10,13-15,30-31H,7-8,11-12H2,1H3,(H,29,33)/t13?,14-,15+/m0/s1. The predicted octanol–water partition coefficient (Wildman–Crippen LogP) is 3.82. The number of pyridine rings is 1. The van der Waals surface area contributed by atoms with Gasteiger partial charge in [-0.05, 0) is 24.6 Å². The Morgan fingerprint density at radius 1 is 1.31 bits per heavy atom. The van der Waals surface area contributed by atoms with Gasteiger partial charge in [0.2, 0.25) is 0 Å². The van der Waals surface area contributed by atoms with E-state index in [1.165, 1.54) is 19.4 Å². The maximum absolute atomic E-state index is 14.9. The average Bonchev–Trinajstić information content (AvgIpc) is 3.26. The maximum Gasteiger partial charge on any atom is 0.255 e. The minimum Gasteiger partial charge on any atom is -0.493 e. The fourth-order valence-electron chi connectivity index (χ4n) is 4.61. The van der Waals surface area contributed by atoms with Crippen LogP contribution in [0.3, 0.4) is 0 Å². The van der Waals surface area contributed by atoms with Crippen molar-refractivity contribution in [1.29, 1.82) is 0 Å². The van der Waals surface area contributed by atoms with E-state index in [-0.39, 0.29) is 36.7 Å². The monoisotopic (exact) mass is 514 g/mol. The van der Waals surface area contributed by atoms with Gasteiger partial charge in [0.05, 0.1) is 60.3 Å². The molecule has 0 saturated carbocycles. The summed E-state index contributed by atoms with van der Waals surface area (Å²) in [5.74, 6) is -0.623. The maximum atomic E-state index is 14.9. The summed E-state index contributed by atoms with van der Waals surface area (Å²) in [6.07, 6.45) is 3.01. The summed E-state index contributed by atoms with van der Waals surface area (Å²) in [5, 5.41) is 6.56. The van der Waals surface area contributed by atoms with E-state index in [1.54, 1.807) is 18.2 Å². The zero-order chi connectivity index (χ0) is 25.2. The van der Waals surface area contributed by atoms with Crippen LogP contribution in [0.2, 0.25) is 5.02 Å². The highest BCUT2D eigenvalue weighted by molar-refractivity contribution is 6.32. The van der Waals surface area contributed by atoms with Crippen molar-refractivity contribution < 1.29 is 28.2 Å². The van der Waals surface area contributed by atoms with Crippen LogP contribution in [0.25, 0.3) is 11.3 Å². The Labute approximate surface area is 211 Å². The highest BCUT2D eigenvalue weighted by Gasteiger charge is 2.36. The van der Waals surface area contributed by atoms with Crippen molar-refractivity contribution in [3.05, 3.63) is 58.8 Å². The van der Waals surface area contributed by atoms with Crippen LogP contribution < -0.4 is 15.4 Å². The smallest absolute Gasteiger partial charge is 0.255 e. The molecule has 188 valence electrons. The van der Waals surface area contributed by atoms with E-state index in [2.05, 4.69) is 20.6 Å². The van der Waals surface area contributed by atoms with Crippen molar-refractivity contribution >= 4 is 35.2 Å². The number of benzene rings is 1. The van der Waals surface area contributed by atoms with Crippen molar-refractivity contribution in [2.75, 3.05) is 32.2 Å². The molecule has 0 spiro atoms. The number of halogens is 2. The van der Waals surface area contributed by atoms with Crippen LogP contribution >= 0.6 is 11.6 Å². The number of para-hydroxylation sites is 1. The molecule has 0 radical (unpaired) electrons. The van der Waals surface area contributed by atoms with Gasteiger partial charge in [0.15, 0.2) is 17.9 Å². The number of amides is 1. The molecular formula is C25H24ClFN4O5. The lowest BCUT2D eigenvalue weighted by Gasteiger charge is -2.31. The fourth-order valence-corrected chi connectivity index (χ4v) is 4.86. The first kappa shape index (κ1) is 24.2. The number of fused-ring (bicyclic) bond motifs is 1. The number of carbonyl (C=O) groups is 2. The van der Waals surface area contributed by atoms with Gasteiger partial charge in [-0.15, -0.1) is 0 Å². The number of rotatable bonds is 7. The second-order valence-corrected chi connectivity index (χ2v) is 8.98. The van der Waals surface area contributed by atoms with Crippen LogP contribution in [-0.2, 0) is 14.3 Å². The zero-order valence-electron chi connectivity index (χ0n) is 19.3. The van der Waals surface area contributed by atoms with E-state index < -0.39 is 11.9 Å². The number of H-pyrrole nitrogens is 1. The van der Waals surface area contributed by atoms with E-state index in [9.17, 15) is 14.0 Å². The first-order valence-electron chi connectivity index (χ1n) is 11.4. The van der Waals surface area contributed by atoms with E-state index in [4.69, 9.17) is 25.8 Å². The topological polar surface area (TPSA) is 115 Å². The number of aromatic nitrogens is 2. The third-order valence-electron chi connectivity index (χ3n) is 6.34. The molecule has 1 aromatic carbocycles. The van der Waals surface area contributed by atoms with Crippen molar-refractivity contribution in [2.45, 2.75) is 24.5 Å². The normalized spacial score (nSPS) is 21.4. The minimum absolute atomic E-state index is 0.167. The van der Waals surface area contributed by atoms with Gasteiger partial charge < -0.3 is 34.6 Å². The van der Waals surface area contributed by atoms with Crippen LogP contribution in [0, 0.1) is 5.82 Å². The molecule has 2 aliphatic rings. The Morgan fingerprint density at radius 2 is 2.17 bits per heavy atom. The summed E-state index contributed by atoms with van der Waals surface area (Å²) < 4.78 is 31.7.